The molecule has 0 heterocycles. The Hall–Kier alpha value is -2.37. The van der Waals surface area contributed by atoms with Crippen molar-refractivity contribution in [3.8, 4) is 0 Å². The van der Waals surface area contributed by atoms with Gasteiger partial charge < -0.3 is 4.74 Å². The number of carbonyl (C=O) groups excluding carboxylic acids is 1. The summed E-state index contributed by atoms with van der Waals surface area (Å²) in [6.45, 7) is 0. The summed E-state index contributed by atoms with van der Waals surface area (Å²) in [5.41, 5.74) is 0.280. The minimum absolute atomic E-state index is 0.131. The van der Waals surface area contributed by atoms with Crippen LogP contribution in [0.15, 0.2) is 60.7 Å². The molecule has 0 aliphatic carbocycles. The van der Waals surface area contributed by atoms with E-state index in [1.807, 2.05) is 0 Å². The molecule has 0 aliphatic heterocycles. The summed E-state index contributed by atoms with van der Waals surface area (Å²) in [5, 5.41) is 0. The number of benzene rings is 2. The van der Waals surface area contributed by atoms with Crippen molar-refractivity contribution in [3.05, 3.63) is 71.8 Å². The Labute approximate surface area is 124 Å². The Morgan fingerprint density at radius 2 is 1.32 bits per heavy atom. The molecule has 22 heavy (non-hydrogen) atoms. The van der Waals surface area contributed by atoms with Crippen LogP contribution in [0.4, 0.5) is 17.6 Å². The molecule has 0 saturated heterocycles. The van der Waals surface area contributed by atoms with Crippen LogP contribution in [0.25, 0.3) is 0 Å². The SMILES string of the molecule is O=C(OC(c1ccccc1)C(F)c1ccccc1)C(F)(F)F. The normalized spacial score (nSPS) is 14.2. The molecule has 0 radical (unpaired) electrons. The average molecular weight is 312 g/mol. The third-order valence-corrected chi connectivity index (χ3v) is 2.98. The van der Waals surface area contributed by atoms with E-state index in [1.54, 1.807) is 24.3 Å². The molecule has 0 fully saturated rings. The Kier molecular flexibility index (Phi) is 4.80. The zero-order valence-electron chi connectivity index (χ0n) is 11.3. The second kappa shape index (κ2) is 6.60. The number of hydrogen-bond acceptors (Lipinski definition) is 2. The van der Waals surface area contributed by atoms with Crippen molar-refractivity contribution in [3.63, 3.8) is 0 Å². The zero-order valence-corrected chi connectivity index (χ0v) is 11.3. The maximum atomic E-state index is 14.6. The fourth-order valence-corrected chi connectivity index (χ4v) is 1.93. The highest BCUT2D eigenvalue weighted by atomic mass is 19.4. The van der Waals surface area contributed by atoms with Crippen molar-refractivity contribution in [1.82, 2.24) is 0 Å². The molecular weight excluding hydrogens is 300 g/mol. The van der Waals surface area contributed by atoms with Gasteiger partial charge in [-0.25, -0.2) is 9.18 Å². The Morgan fingerprint density at radius 3 is 1.77 bits per heavy atom. The summed E-state index contributed by atoms with van der Waals surface area (Å²) in [7, 11) is 0. The van der Waals surface area contributed by atoms with E-state index >= 15 is 0 Å². The molecule has 2 aromatic carbocycles. The Balaban J connectivity index is 2.32. The molecule has 2 rings (SSSR count). The second-order valence-corrected chi connectivity index (χ2v) is 4.55. The van der Waals surface area contributed by atoms with Crippen LogP contribution >= 0.6 is 0 Å². The molecule has 116 valence electrons. The highest BCUT2D eigenvalue weighted by Gasteiger charge is 2.44. The van der Waals surface area contributed by atoms with Crippen LogP contribution in [-0.2, 0) is 9.53 Å². The van der Waals surface area contributed by atoms with E-state index in [-0.39, 0.29) is 11.1 Å². The lowest BCUT2D eigenvalue weighted by atomic mass is 9.99. The van der Waals surface area contributed by atoms with E-state index in [9.17, 15) is 22.4 Å². The molecule has 0 aromatic heterocycles. The minimum atomic E-state index is -5.18. The van der Waals surface area contributed by atoms with Gasteiger partial charge in [0.25, 0.3) is 0 Å². The topological polar surface area (TPSA) is 26.3 Å². The van der Waals surface area contributed by atoms with Gasteiger partial charge in [0, 0.05) is 0 Å². The van der Waals surface area contributed by atoms with Gasteiger partial charge >= 0.3 is 12.1 Å². The van der Waals surface area contributed by atoms with Crippen LogP contribution in [0.3, 0.4) is 0 Å². The van der Waals surface area contributed by atoms with Crippen LogP contribution in [0.2, 0.25) is 0 Å². The predicted molar refractivity (Wildman–Crippen MR) is 71.6 cm³/mol. The van der Waals surface area contributed by atoms with Gasteiger partial charge in [-0.1, -0.05) is 60.7 Å². The maximum Gasteiger partial charge on any atom is 0.490 e. The molecule has 0 aliphatic rings. The van der Waals surface area contributed by atoms with Crippen molar-refractivity contribution in [2.24, 2.45) is 0 Å². The first kappa shape index (κ1) is 16.0. The van der Waals surface area contributed by atoms with E-state index in [2.05, 4.69) is 4.74 Å². The van der Waals surface area contributed by atoms with Gasteiger partial charge in [-0.2, -0.15) is 13.2 Å². The van der Waals surface area contributed by atoms with Crippen molar-refractivity contribution in [2.45, 2.75) is 18.5 Å². The number of esters is 1. The molecule has 6 heteroatoms. The standard InChI is InChI=1S/C16H12F4O2/c17-13(11-7-3-1-4-8-11)14(12-9-5-2-6-10-12)22-15(21)16(18,19)20/h1-10,13-14H. The highest BCUT2D eigenvalue weighted by Crippen LogP contribution is 2.36. The van der Waals surface area contributed by atoms with Crippen LogP contribution in [0.1, 0.15) is 23.4 Å². The third kappa shape index (κ3) is 3.84. The lowest BCUT2D eigenvalue weighted by Gasteiger charge is -2.22. The van der Waals surface area contributed by atoms with Gasteiger partial charge in [0.1, 0.15) is 0 Å². The van der Waals surface area contributed by atoms with Gasteiger partial charge in [-0.15, -0.1) is 0 Å². The van der Waals surface area contributed by atoms with Gasteiger partial charge in [-0.3, -0.25) is 0 Å². The predicted octanol–water partition coefficient (Wildman–Crippen LogP) is 4.54. The molecular formula is C16H12F4O2. The van der Waals surface area contributed by atoms with Crippen LogP contribution < -0.4 is 0 Å². The summed E-state index contributed by atoms with van der Waals surface area (Å²) in [6, 6.07) is 15.1. The van der Waals surface area contributed by atoms with Crippen LogP contribution in [0, 0.1) is 0 Å². The second-order valence-electron chi connectivity index (χ2n) is 4.55. The lowest BCUT2D eigenvalue weighted by molar-refractivity contribution is -0.208. The first-order valence-electron chi connectivity index (χ1n) is 6.41. The van der Waals surface area contributed by atoms with E-state index < -0.39 is 24.4 Å². The number of alkyl halides is 4. The maximum absolute atomic E-state index is 14.6. The van der Waals surface area contributed by atoms with Gasteiger partial charge in [-0.05, 0) is 11.1 Å². The summed E-state index contributed by atoms with van der Waals surface area (Å²) in [5.74, 6) is -2.42. The number of ether oxygens (including phenoxy) is 1. The third-order valence-electron chi connectivity index (χ3n) is 2.98. The molecule has 2 nitrogen and oxygen atoms in total. The van der Waals surface area contributed by atoms with Crippen molar-refractivity contribution in [1.29, 1.82) is 0 Å². The molecule has 0 bridgehead atoms. The van der Waals surface area contributed by atoms with Crippen molar-refractivity contribution >= 4 is 5.97 Å². The lowest BCUT2D eigenvalue weighted by Crippen LogP contribution is -2.28. The van der Waals surface area contributed by atoms with E-state index in [1.165, 1.54) is 36.4 Å². The average Bonchev–Trinajstić information content (AvgIpc) is 2.52. The number of halogens is 4. The monoisotopic (exact) mass is 312 g/mol. The van der Waals surface area contributed by atoms with Crippen molar-refractivity contribution < 1.29 is 27.1 Å². The molecule has 2 atom stereocenters. The van der Waals surface area contributed by atoms with Crippen molar-refractivity contribution in [2.75, 3.05) is 0 Å². The first-order valence-corrected chi connectivity index (χ1v) is 6.41. The molecule has 0 saturated carbocycles. The Bertz CT molecular complexity index is 611. The fraction of sp³-hybridized carbons (Fsp3) is 0.188. The largest absolute Gasteiger partial charge is 0.490 e. The summed E-state index contributed by atoms with van der Waals surface area (Å²) in [4.78, 5) is 11.1. The van der Waals surface area contributed by atoms with E-state index in [4.69, 9.17) is 0 Å². The van der Waals surface area contributed by atoms with E-state index in [0.29, 0.717) is 0 Å². The number of hydrogen-bond donors (Lipinski definition) is 0. The molecule has 0 N–H and O–H groups in total. The van der Waals surface area contributed by atoms with Gasteiger partial charge in [0.05, 0.1) is 0 Å². The number of rotatable bonds is 4. The van der Waals surface area contributed by atoms with Gasteiger partial charge in [0.2, 0.25) is 0 Å². The Morgan fingerprint density at radius 1 is 0.864 bits per heavy atom. The molecule has 0 amide bonds. The van der Waals surface area contributed by atoms with E-state index in [0.717, 1.165) is 0 Å². The van der Waals surface area contributed by atoms with Gasteiger partial charge in [0.15, 0.2) is 12.3 Å². The summed E-state index contributed by atoms with van der Waals surface area (Å²) in [6.07, 6.45) is -8.75. The van der Waals surface area contributed by atoms with Crippen LogP contribution in [0.5, 0.6) is 0 Å². The van der Waals surface area contributed by atoms with Crippen LogP contribution in [-0.4, -0.2) is 12.1 Å². The smallest absolute Gasteiger partial charge is 0.447 e. The molecule has 0 spiro atoms. The first-order chi connectivity index (χ1) is 10.4. The molecule has 2 aromatic rings. The molecule has 2 unspecified atom stereocenters. The highest BCUT2D eigenvalue weighted by molar-refractivity contribution is 5.76. The summed E-state index contributed by atoms with van der Waals surface area (Å²) < 4.78 is 56.1. The quantitative estimate of drug-likeness (QED) is 0.612. The summed E-state index contributed by atoms with van der Waals surface area (Å²) >= 11 is 0. The zero-order chi connectivity index (χ0) is 16.2. The minimum Gasteiger partial charge on any atom is -0.447 e. The fourth-order valence-electron chi connectivity index (χ4n) is 1.93. The number of carbonyl (C=O) groups is 1.